The van der Waals surface area contributed by atoms with Crippen molar-refractivity contribution in [2.45, 2.75) is 45.7 Å². The summed E-state index contributed by atoms with van der Waals surface area (Å²) in [4.78, 5) is 0. The Hall–Kier alpha value is -1.28. The molecular weight excluding hydrogens is 232 g/mol. The lowest BCUT2D eigenvalue weighted by Gasteiger charge is -2.07. The summed E-state index contributed by atoms with van der Waals surface area (Å²) in [6.07, 6.45) is 6.24. The average molecular weight is 256 g/mol. The van der Waals surface area contributed by atoms with Gasteiger partial charge < -0.3 is 9.88 Å². The second kappa shape index (κ2) is 5.38. The molecule has 0 radical (unpaired) electrons. The number of nitrogens with one attached hydrogen (secondary N) is 1. The lowest BCUT2D eigenvalue weighted by Crippen LogP contribution is -2.19. The lowest BCUT2D eigenvalue weighted by atomic mass is 10.1. The van der Waals surface area contributed by atoms with Crippen LogP contribution in [0.15, 0.2) is 30.5 Å². The second-order valence-corrected chi connectivity index (χ2v) is 6.20. The standard InChI is InChI=1S/C17H24N2/c1-13(2)11-19-12-14(9-10-18-15-7-8-15)16-5-3-4-6-17(16)19/h3-6,12-13,15,18H,7-11H2,1-2H3. The summed E-state index contributed by atoms with van der Waals surface area (Å²) < 4.78 is 2.42. The van der Waals surface area contributed by atoms with Gasteiger partial charge in [0.25, 0.3) is 0 Å². The van der Waals surface area contributed by atoms with Crippen molar-refractivity contribution < 1.29 is 0 Å². The minimum Gasteiger partial charge on any atom is -0.347 e. The topological polar surface area (TPSA) is 17.0 Å². The molecule has 1 saturated carbocycles. The first kappa shape index (κ1) is 12.7. The zero-order valence-electron chi connectivity index (χ0n) is 12.0. The van der Waals surface area contributed by atoms with E-state index in [9.17, 15) is 0 Å². The molecule has 2 aromatic rings. The lowest BCUT2D eigenvalue weighted by molar-refractivity contribution is 0.534. The van der Waals surface area contributed by atoms with Crippen molar-refractivity contribution in [3.8, 4) is 0 Å². The van der Waals surface area contributed by atoms with Gasteiger partial charge in [-0.05, 0) is 43.4 Å². The van der Waals surface area contributed by atoms with Gasteiger partial charge in [0.15, 0.2) is 0 Å². The quantitative estimate of drug-likeness (QED) is 0.835. The second-order valence-electron chi connectivity index (χ2n) is 6.20. The molecule has 2 nitrogen and oxygen atoms in total. The number of para-hydroxylation sites is 1. The fourth-order valence-electron chi connectivity index (χ4n) is 2.76. The molecule has 0 bridgehead atoms. The molecule has 1 aliphatic rings. The minimum absolute atomic E-state index is 0.688. The first-order chi connectivity index (χ1) is 9.24. The highest BCUT2D eigenvalue weighted by Gasteiger charge is 2.20. The molecule has 2 heteroatoms. The van der Waals surface area contributed by atoms with Crippen LogP contribution in [0.25, 0.3) is 10.9 Å². The van der Waals surface area contributed by atoms with E-state index in [-0.39, 0.29) is 0 Å². The van der Waals surface area contributed by atoms with E-state index in [1.807, 2.05) is 0 Å². The van der Waals surface area contributed by atoms with Gasteiger partial charge in [0.2, 0.25) is 0 Å². The number of nitrogens with zero attached hydrogens (tertiary/aromatic N) is 1. The van der Waals surface area contributed by atoms with Crippen LogP contribution in [0.5, 0.6) is 0 Å². The Labute approximate surface area is 115 Å². The van der Waals surface area contributed by atoms with Crippen LogP contribution in [0.1, 0.15) is 32.3 Å². The van der Waals surface area contributed by atoms with E-state index < -0.39 is 0 Å². The van der Waals surface area contributed by atoms with Crippen molar-refractivity contribution in [2.75, 3.05) is 6.54 Å². The predicted molar refractivity (Wildman–Crippen MR) is 81.5 cm³/mol. The minimum atomic E-state index is 0.688. The molecule has 1 aromatic heterocycles. The van der Waals surface area contributed by atoms with Gasteiger partial charge in [0.1, 0.15) is 0 Å². The maximum Gasteiger partial charge on any atom is 0.0483 e. The monoisotopic (exact) mass is 256 g/mol. The molecule has 0 aliphatic heterocycles. The normalized spacial score (nSPS) is 15.5. The number of hydrogen-bond donors (Lipinski definition) is 1. The first-order valence-electron chi connectivity index (χ1n) is 7.54. The SMILES string of the molecule is CC(C)Cn1cc(CCNC2CC2)c2ccccc21. The highest BCUT2D eigenvalue weighted by atomic mass is 15.0. The summed E-state index contributed by atoms with van der Waals surface area (Å²) in [7, 11) is 0. The molecule has 0 spiro atoms. The fourth-order valence-corrected chi connectivity index (χ4v) is 2.76. The number of rotatable bonds is 6. The molecule has 1 heterocycles. The van der Waals surface area contributed by atoms with Crippen molar-refractivity contribution in [2.24, 2.45) is 5.92 Å². The summed E-state index contributed by atoms with van der Waals surface area (Å²) in [6.45, 7) is 6.78. The van der Waals surface area contributed by atoms with E-state index in [4.69, 9.17) is 0 Å². The highest BCUT2D eigenvalue weighted by molar-refractivity contribution is 5.84. The van der Waals surface area contributed by atoms with Crippen molar-refractivity contribution >= 4 is 10.9 Å². The Morgan fingerprint density at radius 3 is 2.79 bits per heavy atom. The van der Waals surface area contributed by atoms with Crippen LogP contribution in [0.4, 0.5) is 0 Å². The van der Waals surface area contributed by atoms with Gasteiger partial charge in [-0.25, -0.2) is 0 Å². The Bertz CT molecular complexity index is 549. The van der Waals surface area contributed by atoms with Gasteiger partial charge in [-0.1, -0.05) is 32.0 Å². The first-order valence-corrected chi connectivity index (χ1v) is 7.54. The van der Waals surface area contributed by atoms with Gasteiger partial charge in [-0.2, -0.15) is 0 Å². The molecule has 0 unspecified atom stereocenters. The van der Waals surface area contributed by atoms with E-state index in [1.165, 1.54) is 29.3 Å². The van der Waals surface area contributed by atoms with Crippen molar-refractivity contribution in [3.63, 3.8) is 0 Å². The number of aromatic nitrogens is 1. The van der Waals surface area contributed by atoms with Gasteiger partial charge in [0, 0.05) is 29.7 Å². The maximum absolute atomic E-state index is 3.61. The molecule has 0 atom stereocenters. The third kappa shape index (κ3) is 3.01. The zero-order chi connectivity index (χ0) is 13.2. The van der Waals surface area contributed by atoms with E-state index in [0.717, 1.165) is 25.6 Å². The van der Waals surface area contributed by atoms with Gasteiger partial charge in [0.05, 0.1) is 0 Å². The molecule has 1 aromatic carbocycles. The average Bonchev–Trinajstić information content (AvgIpc) is 3.14. The van der Waals surface area contributed by atoms with Crippen LogP contribution in [0.2, 0.25) is 0 Å². The van der Waals surface area contributed by atoms with Crippen LogP contribution in [0.3, 0.4) is 0 Å². The van der Waals surface area contributed by atoms with Gasteiger partial charge in [-0.15, -0.1) is 0 Å². The number of benzene rings is 1. The number of fused-ring (bicyclic) bond motifs is 1. The molecule has 19 heavy (non-hydrogen) atoms. The van der Waals surface area contributed by atoms with Crippen LogP contribution < -0.4 is 5.32 Å². The summed E-state index contributed by atoms with van der Waals surface area (Å²) >= 11 is 0. The molecule has 0 saturated heterocycles. The largest absolute Gasteiger partial charge is 0.347 e. The Balaban J connectivity index is 1.81. The van der Waals surface area contributed by atoms with Crippen LogP contribution in [-0.2, 0) is 13.0 Å². The van der Waals surface area contributed by atoms with Gasteiger partial charge >= 0.3 is 0 Å². The summed E-state index contributed by atoms with van der Waals surface area (Å²) in [5.41, 5.74) is 2.88. The zero-order valence-corrected chi connectivity index (χ0v) is 12.0. The molecule has 1 N–H and O–H groups in total. The Morgan fingerprint density at radius 1 is 1.26 bits per heavy atom. The Morgan fingerprint density at radius 2 is 2.05 bits per heavy atom. The van der Waals surface area contributed by atoms with Crippen LogP contribution in [-0.4, -0.2) is 17.2 Å². The van der Waals surface area contributed by atoms with Crippen molar-refractivity contribution in [1.29, 1.82) is 0 Å². The summed E-state index contributed by atoms with van der Waals surface area (Å²) in [5.74, 6) is 0.688. The molecule has 0 amide bonds. The van der Waals surface area contributed by atoms with Crippen LogP contribution >= 0.6 is 0 Å². The molecule has 3 rings (SSSR count). The third-order valence-corrected chi connectivity index (χ3v) is 3.84. The van der Waals surface area contributed by atoms with E-state index in [2.05, 4.69) is 54.2 Å². The summed E-state index contributed by atoms with van der Waals surface area (Å²) in [5, 5.41) is 5.04. The molecule has 102 valence electrons. The predicted octanol–water partition coefficient (Wildman–Crippen LogP) is 3.59. The molecule has 1 aliphatic carbocycles. The van der Waals surface area contributed by atoms with E-state index in [0.29, 0.717) is 5.92 Å². The third-order valence-electron chi connectivity index (χ3n) is 3.84. The fraction of sp³-hybridized carbons (Fsp3) is 0.529. The van der Waals surface area contributed by atoms with E-state index >= 15 is 0 Å². The van der Waals surface area contributed by atoms with E-state index in [1.54, 1.807) is 0 Å². The smallest absolute Gasteiger partial charge is 0.0483 e. The molecular formula is C17H24N2. The highest BCUT2D eigenvalue weighted by Crippen LogP contribution is 2.23. The maximum atomic E-state index is 3.61. The van der Waals surface area contributed by atoms with Crippen molar-refractivity contribution in [3.05, 3.63) is 36.0 Å². The summed E-state index contributed by atoms with van der Waals surface area (Å²) in [6, 6.07) is 9.61. The van der Waals surface area contributed by atoms with Crippen LogP contribution in [0, 0.1) is 5.92 Å². The van der Waals surface area contributed by atoms with Crippen molar-refractivity contribution in [1.82, 2.24) is 9.88 Å². The number of hydrogen-bond acceptors (Lipinski definition) is 1. The Kier molecular flexibility index (Phi) is 3.61. The molecule has 1 fully saturated rings. The van der Waals surface area contributed by atoms with Gasteiger partial charge in [-0.3, -0.25) is 0 Å².